The monoisotopic (exact) mass is 294 g/mol. The van der Waals surface area contributed by atoms with E-state index in [0.717, 1.165) is 32.1 Å². The van der Waals surface area contributed by atoms with Crippen LogP contribution in [0.15, 0.2) is 18.2 Å². The molecule has 3 rings (SSSR count). The fourth-order valence-corrected chi connectivity index (χ4v) is 3.78. The highest BCUT2D eigenvalue weighted by Gasteiger charge is 2.44. The first kappa shape index (κ1) is 14.4. The first-order valence-corrected chi connectivity index (χ1v) is 7.55. The highest BCUT2D eigenvalue weighted by molar-refractivity contribution is 5.79. The second kappa shape index (κ2) is 5.72. The molecule has 2 aliphatic heterocycles. The summed E-state index contributed by atoms with van der Waals surface area (Å²) in [6.45, 7) is 4.70. The second-order valence-corrected chi connectivity index (χ2v) is 5.99. The third kappa shape index (κ3) is 2.55. The largest absolute Gasteiger partial charge is 0.339 e. The van der Waals surface area contributed by atoms with Crippen molar-refractivity contribution in [3.8, 4) is 0 Å². The van der Waals surface area contributed by atoms with Crippen LogP contribution >= 0.6 is 0 Å². The number of rotatable bonds is 3. The molecule has 1 amide bonds. The molecular weight excluding hydrogens is 274 g/mol. The van der Waals surface area contributed by atoms with E-state index in [0.29, 0.717) is 11.8 Å². The zero-order valence-corrected chi connectivity index (χ0v) is 12.1. The van der Waals surface area contributed by atoms with Gasteiger partial charge in [-0.1, -0.05) is 19.1 Å². The number of benzene rings is 1. The lowest BCUT2D eigenvalue weighted by atomic mass is 9.93. The molecule has 0 spiro atoms. The van der Waals surface area contributed by atoms with Gasteiger partial charge in [-0.2, -0.15) is 0 Å². The molecule has 3 nitrogen and oxygen atoms in total. The molecular formula is C16H20F2N2O. The normalized spacial score (nSPS) is 28.0. The van der Waals surface area contributed by atoms with E-state index in [-0.39, 0.29) is 23.9 Å². The van der Waals surface area contributed by atoms with Crippen LogP contribution in [0, 0.1) is 23.5 Å². The van der Waals surface area contributed by atoms with Crippen LogP contribution in [0.4, 0.5) is 8.78 Å². The van der Waals surface area contributed by atoms with Crippen LogP contribution in [0.1, 0.15) is 18.9 Å². The smallest absolute Gasteiger partial charge is 0.227 e. The van der Waals surface area contributed by atoms with Crippen molar-refractivity contribution in [3.05, 3.63) is 35.4 Å². The number of hydrogen-bond acceptors (Lipinski definition) is 2. The molecule has 3 atom stereocenters. The lowest BCUT2D eigenvalue weighted by molar-refractivity contribution is -0.131. The van der Waals surface area contributed by atoms with E-state index in [1.165, 1.54) is 12.1 Å². The molecule has 2 fully saturated rings. The third-order valence-electron chi connectivity index (χ3n) is 4.83. The van der Waals surface area contributed by atoms with E-state index in [1.54, 1.807) is 0 Å². The number of hydrogen-bond donors (Lipinski definition) is 1. The Hall–Kier alpha value is -1.49. The van der Waals surface area contributed by atoms with Crippen molar-refractivity contribution in [1.82, 2.24) is 10.2 Å². The zero-order valence-electron chi connectivity index (χ0n) is 12.1. The summed E-state index contributed by atoms with van der Waals surface area (Å²) < 4.78 is 26.9. The predicted octanol–water partition coefficient (Wildman–Crippen LogP) is 1.96. The van der Waals surface area contributed by atoms with Gasteiger partial charge in [0.2, 0.25) is 5.91 Å². The zero-order chi connectivity index (χ0) is 15.0. The van der Waals surface area contributed by atoms with Gasteiger partial charge >= 0.3 is 0 Å². The lowest BCUT2D eigenvalue weighted by Crippen LogP contribution is -2.40. The van der Waals surface area contributed by atoms with E-state index in [2.05, 4.69) is 12.2 Å². The van der Waals surface area contributed by atoms with Gasteiger partial charge in [-0.15, -0.1) is 0 Å². The Morgan fingerprint density at radius 3 is 2.95 bits per heavy atom. The topological polar surface area (TPSA) is 32.3 Å². The highest BCUT2D eigenvalue weighted by Crippen LogP contribution is 2.34. The minimum atomic E-state index is -0.903. The third-order valence-corrected chi connectivity index (χ3v) is 4.83. The SMILES string of the molecule is CCC1C2CNCC2CN1C(=O)Cc1cccc(F)c1F. The van der Waals surface area contributed by atoms with E-state index in [4.69, 9.17) is 0 Å². The number of fused-ring (bicyclic) bond motifs is 1. The molecule has 21 heavy (non-hydrogen) atoms. The van der Waals surface area contributed by atoms with Crippen molar-refractivity contribution in [2.75, 3.05) is 19.6 Å². The van der Waals surface area contributed by atoms with Crippen molar-refractivity contribution in [2.24, 2.45) is 11.8 Å². The quantitative estimate of drug-likeness (QED) is 0.924. The number of halogens is 2. The number of carbonyl (C=O) groups is 1. The summed E-state index contributed by atoms with van der Waals surface area (Å²) in [4.78, 5) is 14.4. The minimum Gasteiger partial charge on any atom is -0.339 e. The highest BCUT2D eigenvalue weighted by atomic mass is 19.2. The van der Waals surface area contributed by atoms with Crippen LogP contribution in [0.5, 0.6) is 0 Å². The Morgan fingerprint density at radius 1 is 1.38 bits per heavy atom. The molecule has 2 saturated heterocycles. The summed E-state index contributed by atoms with van der Waals surface area (Å²) >= 11 is 0. The average Bonchev–Trinajstić information content (AvgIpc) is 3.03. The van der Waals surface area contributed by atoms with Gasteiger partial charge in [0.1, 0.15) is 0 Å². The number of likely N-dealkylation sites (tertiary alicyclic amines) is 1. The van der Waals surface area contributed by atoms with Crippen molar-refractivity contribution in [1.29, 1.82) is 0 Å². The first-order valence-electron chi connectivity index (χ1n) is 7.55. The Bertz CT molecular complexity index is 549. The predicted molar refractivity (Wildman–Crippen MR) is 75.7 cm³/mol. The van der Waals surface area contributed by atoms with Gasteiger partial charge in [0.05, 0.1) is 6.42 Å². The Kier molecular flexibility index (Phi) is 3.93. The number of carbonyl (C=O) groups excluding carboxylic acids is 1. The Morgan fingerprint density at radius 2 is 2.19 bits per heavy atom. The lowest BCUT2D eigenvalue weighted by Gasteiger charge is -2.27. The molecule has 0 aromatic heterocycles. The maximum absolute atomic E-state index is 13.7. The van der Waals surface area contributed by atoms with Crippen molar-refractivity contribution >= 4 is 5.91 Å². The molecule has 0 radical (unpaired) electrons. The van der Waals surface area contributed by atoms with Gasteiger partial charge in [0.25, 0.3) is 0 Å². The molecule has 3 unspecified atom stereocenters. The molecule has 0 bridgehead atoms. The van der Waals surface area contributed by atoms with Crippen LogP contribution in [0.3, 0.4) is 0 Å². The number of nitrogens with one attached hydrogen (secondary N) is 1. The van der Waals surface area contributed by atoms with Crippen molar-refractivity contribution in [2.45, 2.75) is 25.8 Å². The molecule has 1 aromatic carbocycles. The van der Waals surface area contributed by atoms with E-state index < -0.39 is 11.6 Å². The van der Waals surface area contributed by atoms with E-state index in [9.17, 15) is 13.6 Å². The maximum Gasteiger partial charge on any atom is 0.227 e. The summed E-state index contributed by atoms with van der Waals surface area (Å²) in [6, 6.07) is 4.22. The fourth-order valence-electron chi connectivity index (χ4n) is 3.78. The van der Waals surface area contributed by atoms with Gasteiger partial charge in [-0.05, 0) is 24.3 Å². The number of nitrogens with zero attached hydrogens (tertiary/aromatic N) is 1. The van der Waals surface area contributed by atoms with Gasteiger partial charge in [-0.3, -0.25) is 4.79 Å². The van der Waals surface area contributed by atoms with Gasteiger partial charge in [-0.25, -0.2) is 8.78 Å². The molecule has 0 aliphatic carbocycles. The second-order valence-electron chi connectivity index (χ2n) is 5.99. The standard InChI is InChI=1S/C16H20F2N2O/c1-2-14-12-8-19-7-11(12)9-20(14)15(21)6-10-4-3-5-13(17)16(10)18/h3-5,11-12,14,19H,2,6-9H2,1H3. The minimum absolute atomic E-state index is 0.0625. The van der Waals surface area contributed by atoms with Gasteiger partial charge in [0, 0.05) is 31.2 Å². The fraction of sp³-hybridized carbons (Fsp3) is 0.562. The Labute approximate surface area is 123 Å². The summed E-state index contributed by atoms with van der Waals surface area (Å²) in [6.07, 6.45) is 0.840. The van der Waals surface area contributed by atoms with Crippen LogP contribution in [-0.4, -0.2) is 36.5 Å². The molecule has 0 saturated carbocycles. The van der Waals surface area contributed by atoms with E-state index in [1.807, 2.05) is 4.90 Å². The molecule has 1 aromatic rings. The van der Waals surface area contributed by atoms with Gasteiger partial charge < -0.3 is 10.2 Å². The summed E-state index contributed by atoms with van der Waals surface area (Å²) in [7, 11) is 0. The van der Waals surface area contributed by atoms with E-state index >= 15 is 0 Å². The van der Waals surface area contributed by atoms with Crippen LogP contribution in [-0.2, 0) is 11.2 Å². The van der Waals surface area contributed by atoms with Crippen LogP contribution in [0.25, 0.3) is 0 Å². The average molecular weight is 294 g/mol. The molecule has 2 aliphatic rings. The summed E-state index contributed by atoms with van der Waals surface area (Å²) in [5, 5.41) is 3.37. The van der Waals surface area contributed by atoms with Crippen LogP contribution < -0.4 is 5.32 Å². The first-order chi connectivity index (χ1) is 10.1. The van der Waals surface area contributed by atoms with Crippen molar-refractivity contribution < 1.29 is 13.6 Å². The molecule has 114 valence electrons. The molecule has 5 heteroatoms. The van der Waals surface area contributed by atoms with Crippen LogP contribution in [0.2, 0.25) is 0 Å². The summed E-state index contributed by atoms with van der Waals surface area (Å²) in [5.41, 5.74) is 0.144. The number of amides is 1. The maximum atomic E-state index is 13.7. The Balaban J connectivity index is 1.75. The molecule has 1 N–H and O–H groups in total. The van der Waals surface area contributed by atoms with Crippen molar-refractivity contribution in [3.63, 3.8) is 0 Å². The summed E-state index contributed by atoms with van der Waals surface area (Å²) in [5.74, 6) is -0.900. The molecule has 2 heterocycles. The van der Waals surface area contributed by atoms with Gasteiger partial charge in [0.15, 0.2) is 11.6 Å².